The van der Waals surface area contributed by atoms with Gasteiger partial charge in [-0.25, -0.2) is 8.42 Å². The lowest BCUT2D eigenvalue weighted by atomic mass is 10.1. The Bertz CT molecular complexity index is 751. The second kappa shape index (κ2) is 6.57. The van der Waals surface area contributed by atoms with Gasteiger partial charge in [0.05, 0.1) is 4.90 Å². The van der Waals surface area contributed by atoms with Crippen LogP contribution in [0.25, 0.3) is 0 Å². The fourth-order valence-electron chi connectivity index (χ4n) is 1.66. The number of ketones is 1. The van der Waals surface area contributed by atoms with Crippen molar-refractivity contribution in [2.75, 3.05) is 12.9 Å². The highest BCUT2D eigenvalue weighted by Crippen LogP contribution is 2.17. The molecule has 2 rings (SSSR count). The Hall–Kier alpha value is -1.41. The Morgan fingerprint density at radius 2 is 1.81 bits per heavy atom. The first-order chi connectivity index (χ1) is 9.86. The molecule has 2 aromatic carbocycles. The van der Waals surface area contributed by atoms with Crippen LogP contribution in [0.4, 0.5) is 0 Å². The molecule has 4 nitrogen and oxygen atoms in total. The molecule has 6 heteroatoms. The first kappa shape index (κ1) is 16.0. The van der Waals surface area contributed by atoms with Crippen LogP contribution < -0.4 is 4.74 Å². The van der Waals surface area contributed by atoms with Crippen molar-refractivity contribution >= 4 is 38.2 Å². The molecule has 21 heavy (non-hydrogen) atoms. The summed E-state index contributed by atoms with van der Waals surface area (Å²) in [6.45, 7) is -0.131. The molecule has 0 N–H and O–H groups in total. The van der Waals surface area contributed by atoms with E-state index in [9.17, 15) is 13.2 Å². The predicted molar refractivity (Wildman–Crippen MR) is 88.5 cm³/mol. The Balaban J connectivity index is 2.06. The van der Waals surface area contributed by atoms with E-state index < -0.39 is 9.84 Å². The number of rotatable bonds is 5. The van der Waals surface area contributed by atoms with E-state index in [1.54, 1.807) is 24.3 Å². The van der Waals surface area contributed by atoms with E-state index >= 15 is 0 Å². The number of carbonyl (C=O) groups is 1. The van der Waals surface area contributed by atoms with Crippen LogP contribution in [-0.2, 0) is 9.84 Å². The molecule has 0 radical (unpaired) electrons. The Morgan fingerprint density at radius 3 is 2.43 bits per heavy atom. The number of benzene rings is 2. The van der Waals surface area contributed by atoms with Gasteiger partial charge >= 0.3 is 0 Å². The largest absolute Gasteiger partial charge is 0.485 e. The minimum absolute atomic E-state index is 0.131. The minimum Gasteiger partial charge on any atom is -0.485 e. The molecule has 0 unspecified atom stereocenters. The maximum Gasteiger partial charge on any atom is 0.200 e. The molecule has 0 fully saturated rings. The van der Waals surface area contributed by atoms with Crippen molar-refractivity contribution in [1.82, 2.24) is 0 Å². The van der Waals surface area contributed by atoms with Gasteiger partial charge in [-0.3, -0.25) is 4.79 Å². The predicted octanol–water partition coefficient (Wildman–Crippen LogP) is 2.96. The van der Waals surface area contributed by atoms with Gasteiger partial charge in [-0.05, 0) is 52.9 Å². The number of ether oxygens (including phenoxy) is 1. The van der Waals surface area contributed by atoms with E-state index in [-0.39, 0.29) is 17.3 Å². The Morgan fingerprint density at radius 1 is 1.14 bits per heavy atom. The third-order valence-electron chi connectivity index (χ3n) is 2.77. The zero-order valence-electron chi connectivity index (χ0n) is 11.2. The van der Waals surface area contributed by atoms with Crippen molar-refractivity contribution in [3.8, 4) is 5.75 Å². The third-order valence-corrected chi connectivity index (χ3v) is 4.60. The number of hydrogen-bond acceptors (Lipinski definition) is 4. The van der Waals surface area contributed by atoms with Gasteiger partial charge in [0.2, 0.25) is 0 Å². The molecule has 0 saturated heterocycles. The van der Waals surface area contributed by atoms with Crippen molar-refractivity contribution in [3.05, 3.63) is 57.7 Å². The summed E-state index contributed by atoms with van der Waals surface area (Å²) in [6, 6.07) is 13.3. The first-order valence-electron chi connectivity index (χ1n) is 6.08. The average molecular weight is 416 g/mol. The quantitative estimate of drug-likeness (QED) is 0.556. The van der Waals surface area contributed by atoms with Gasteiger partial charge in [0.15, 0.2) is 22.2 Å². The van der Waals surface area contributed by atoms with Crippen LogP contribution in [0.5, 0.6) is 5.75 Å². The van der Waals surface area contributed by atoms with Crippen molar-refractivity contribution in [1.29, 1.82) is 0 Å². The zero-order chi connectivity index (χ0) is 15.5. The highest BCUT2D eigenvalue weighted by atomic mass is 127. The van der Waals surface area contributed by atoms with Crippen molar-refractivity contribution in [3.63, 3.8) is 0 Å². The smallest absolute Gasteiger partial charge is 0.200 e. The summed E-state index contributed by atoms with van der Waals surface area (Å²) in [5.74, 6) is 0.202. The van der Waals surface area contributed by atoms with E-state index in [0.29, 0.717) is 11.3 Å². The molecule has 0 aliphatic heterocycles. The van der Waals surface area contributed by atoms with Gasteiger partial charge in [0.25, 0.3) is 0 Å². The second-order valence-corrected chi connectivity index (χ2v) is 7.73. The standard InChI is InChI=1S/C15H13IO4S/c1-21(18,19)14-4-2-3-13(9-14)20-10-15(17)11-5-7-12(16)8-6-11/h2-9H,10H2,1H3. The summed E-state index contributed by atoms with van der Waals surface area (Å²) in [6.07, 6.45) is 1.13. The molecule has 0 aliphatic rings. The third kappa shape index (κ3) is 4.53. The molecule has 0 amide bonds. The second-order valence-electron chi connectivity index (χ2n) is 4.47. The van der Waals surface area contributed by atoms with Crippen molar-refractivity contribution in [2.24, 2.45) is 0 Å². The summed E-state index contributed by atoms with van der Waals surface area (Å²) < 4.78 is 29.3. The summed E-state index contributed by atoms with van der Waals surface area (Å²) in [5.41, 5.74) is 0.565. The number of halogens is 1. The first-order valence-corrected chi connectivity index (χ1v) is 9.05. The van der Waals surface area contributed by atoms with Gasteiger partial charge in [-0.15, -0.1) is 0 Å². The lowest BCUT2D eigenvalue weighted by Crippen LogP contribution is -2.11. The average Bonchev–Trinajstić information content (AvgIpc) is 2.45. The molecular weight excluding hydrogens is 403 g/mol. The highest BCUT2D eigenvalue weighted by molar-refractivity contribution is 14.1. The monoisotopic (exact) mass is 416 g/mol. The number of Topliss-reactive ketones (excluding diaryl/α,β-unsaturated/α-hetero) is 1. The summed E-state index contributed by atoms with van der Waals surface area (Å²) in [4.78, 5) is 12.1. The van der Waals surface area contributed by atoms with Gasteiger partial charge in [-0.2, -0.15) is 0 Å². The van der Waals surface area contributed by atoms with Crippen LogP contribution in [-0.4, -0.2) is 27.1 Å². The summed E-state index contributed by atoms with van der Waals surface area (Å²) in [7, 11) is -3.29. The van der Waals surface area contributed by atoms with Gasteiger partial charge < -0.3 is 4.74 Å². The van der Waals surface area contributed by atoms with Crippen molar-refractivity contribution < 1.29 is 17.9 Å². The van der Waals surface area contributed by atoms with E-state index in [2.05, 4.69) is 22.6 Å². The molecule has 0 bridgehead atoms. The zero-order valence-corrected chi connectivity index (χ0v) is 14.2. The van der Waals surface area contributed by atoms with Gasteiger partial charge in [0, 0.05) is 15.4 Å². The van der Waals surface area contributed by atoms with Gasteiger partial charge in [0.1, 0.15) is 5.75 Å². The highest BCUT2D eigenvalue weighted by Gasteiger charge is 2.10. The van der Waals surface area contributed by atoms with E-state index in [1.807, 2.05) is 12.1 Å². The fourth-order valence-corrected chi connectivity index (χ4v) is 2.68. The molecule has 2 aromatic rings. The molecule has 0 aliphatic carbocycles. The van der Waals surface area contributed by atoms with Crippen LogP contribution in [0.15, 0.2) is 53.4 Å². The van der Waals surface area contributed by atoms with E-state index in [0.717, 1.165) is 9.83 Å². The minimum atomic E-state index is -3.29. The fraction of sp³-hybridized carbons (Fsp3) is 0.133. The van der Waals surface area contributed by atoms with Crippen LogP contribution in [0, 0.1) is 3.57 Å². The topological polar surface area (TPSA) is 60.4 Å². The summed E-state index contributed by atoms with van der Waals surface area (Å²) >= 11 is 2.16. The van der Waals surface area contributed by atoms with Crippen LogP contribution in [0.3, 0.4) is 0 Å². The maximum atomic E-state index is 12.0. The molecule has 0 spiro atoms. The van der Waals surface area contributed by atoms with E-state index in [4.69, 9.17) is 4.74 Å². The van der Waals surface area contributed by atoms with Gasteiger partial charge in [-0.1, -0.05) is 18.2 Å². The molecule has 110 valence electrons. The summed E-state index contributed by atoms with van der Waals surface area (Å²) in [5, 5.41) is 0. The van der Waals surface area contributed by atoms with Crippen LogP contribution >= 0.6 is 22.6 Å². The van der Waals surface area contributed by atoms with Crippen molar-refractivity contribution in [2.45, 2.75) is 4.90 Å². The van der Waals surface area contributed by atoms with Crippen LogP contribution in [0.2, 0.25) is 0 Å². The molecule has 0 heterocycles. The molecule has 0 aromatic heterocycles. The molecule has 0 atom stereocenters. The van der Waals surface area contributed by atoms with E-state index in [1.165, 1.54) is 12.1 Å². The Labute approximate surface area is 137 Å². The lowest BCUT2D eigenvalue weighted by molar-refractivity contribution is 0.0921. The number of carbonyl (C=O) groups excluding carboxylic acids is 1. The normalized spacial score (nSPS) is 11.1. The lowest BCUT2D eigenvalue weighted by Gasteiger charge is -2.07. The number of sulfone groups is 1. The number of hydrogen-bond donors (Lipinski definition) is 0. The van der Waals surface area contributed by atoms with Crippen LogP contribution in [0.1, 0.15) is 10.4 Å². The maximum absolute atomic E-state index is 12.0. The Kier molecular flexibility index (Phi) is 5.00. The molecular formula is C15H13IO4S. The SMILES string of the molecule is CS(=O)(=O)c1cccc(OCC(=O)c2ccc(I)cc2)c1. The molecule has 0 saturated carbocycles.